The fraction of sp³-hybridized carbons (Fsp3) is 0.500. The molecule has 0 aromatic carbocycles. The van der Waals surface area contributed by atoms with E-state index in [2.05, 4.69) is 4.98 Å². The first-order valence-electron chi connectivity index (χ1n) is 5.50. The summed E-state index contributed by atoms with van der Waals surface area (Å²) < 4.78 is 0. The number of pyridine rings is 1. The molecule has 1 rings (SSSR count). The number of aromatic nitrogens is 1. The van der Waals surface area contributed by atoms with Crippen LogP contribution in [0.1, 0.15) is 11.3 Å². The Hall–Kier alpha value is -1.62. The van der Waals surface area contributed by atoms with Gasteiger partial charge in [0, 0.05) is 18.8 Å². The summed E-state index contributed by atoms with van der Waals surface area (Å²) in [7, 11) is 3.82. The first-order valence-corrected chi connectivity index (χ1v) is 5.50. The Kier molecular flexibility index (Phi) is 4.45. The van der Waals surface area contributed by atoms with Gasteiger partial charge >= 0.3 is 6.09 Å². The summed E-state index contributed by atoms with van der Waals surface area (Å²) in [5.41, 5.74) is 1.85. The number of carboxylic acid groups (broad SMARTS) is 1. The molecule has 0 aliphatic carbocycles. The van der Waals surface area contributed by atoms with Crippen LogP contribution in [0.5, 0.6) is 0 Å². The maximum atomic E-state index is 11.2. The third-order valence-corrected chi connectivity index (χ3v) is 2.36. The molecule has 1 aromatic heterocycles. The normalized spacial score (nSPS) is 10.6. The largest absolute Gasteiger partial charge is 0.465 e. The summed E-state index contributed by atoms with van der Waals surface area (Å²) >= 11 is 0. The van der Waals surface area contributed by atoms with Crippen LogP contribution in [-0.4, -0.2) is 48.3 Å². The Labute approximate surface area is 102 Å². The van der Waals surface area contributed by atoms with Gasteiger partial charge in [0.25, 0.3) is 0 Å². The van der Waals surface area contributed by atoms with Crippen LogP contribution in [0.4, 0.5) is 10.6 Å². The van der Waals surface area contributed by atoms with Gasteiger partial charge in [-0.3, -0.25) is 4.90 Å². The van der Waals surface area contributed by atoms with E-state index < -0.39 is 6.09 Å². The van der Waals surface area contributed by atoms with Crippen LogP contribution < -0.4 is 4.90 Å². The first kappa shape index (κ1) is 13.4. The molecule has 0 fully saturated rings. The van der Waals surface area contributed by atoms with Crippen molar-refractivity contribution in [3.05, 3.63) is 23.4 Å². The van der Waals surface area contributed by atoms with Crippen molar-refractivity contribution < 1.29 is 9.90 Å². The van der Waals surface area contributed by atoms with Crippen LogP contribution in [0.3, 0.4) is 0 Å². The summed E-state index contributed by atoms with van der Waals surface area (Å²) in [5.74, 6) is 0.497. The molecular weight excluding hydrogens is 218 g/mol. The molecule has 0 saturated carbocycles. The van der Waals surface area contributed by atoms with E-state index in [0.717, 1.165) is 11.3 Å². The van der Waals surface area contributed by atoms with Gasteiger partial charge in [0.15, 0.2) is 0 Å². The molecule has 0 saturated heterocycles. The van der Waals surface area contributed by atoms with Crippen molar-refractivity contribution in [2.45, 2.75) is 13.8 Å². The van der Waals surface area contributed by atoms with Crippen molar-refractivity contribution in [1.82, 2.24) is 9.88 Å². The summed E-state index contributed by atoms with van der Waals surface area (Å²) in [6, 6.07) is 3.71. The van der Waals surface area contributed by atoms with Crippen LogP contribution in [0.2, 0.25) is 0 Å². The molecule has 0 unspecified atom stereocenters. The summed E-state index contributed by atoms with van der Waals surface area (Å²) in [5, 5.41) is 9.19. The minimum atomic E-state index is -0.968. The topological polar surface area (TPSA) is 56.7 Å². The molecule has 1 aromatic rings. The molecule has 0 aliphatic heterocycles. The highest BCUT2D eigenvalue weighted by atomic mass is 16.4. The monoisotopic (exact) mass is 237 g/mol. The number of hydrogen-bond donors (Lipinski definition) is 1. The number of hydrogen-bond acceptors (Lipinski definition) is 3. The summed E-state index contributed by atoms with van der Waals surface area (Å²) in [6.45, 7) is 4.88. The Morgan fingerprint density at radius 2 is 1.94 bits per heavy atom. The van der Waals surface area contributed by atoms with Gasteiger partial charge in [-0.25, -0.2) is 9.78 Å². The quantitative estimate of drug-likeness (QED) is 0.866. The lowest BCUT2D eigenvalue weighted by Crippen LogP contribution is -2.36. The summed E-state index contributed by atoms with van der Waals surface area (Å²) in [6.07, 6.45) is -0.968. The minimum absolute atomic E-state index is 0.415. The first-order chi connectivity index (χ1) is 7.90. The average Bonchev–Trinajstić information content (AvgIpc) is 2.14. The van der Waals surface area contributed by atoms with Crippen LogP contribution in [0.25, 0.3) is 0 Å². The van der Waals surface area contributed by atoms with Gasteiger partial charge in [-0.1, -0.05) is 0 Å². The van der Waals surface area contributed by atoms with Gasteiger partial charge in [0.2, 0.25) is 0 Å². The van der Waals surface area contributed by atoms with Gasteiger partial charge in [-0.2, -0.15) is 0 Å². The van der Waals surface area contributed by atoms with Crippen molar-refractivity contribution in [2.24, 2.45) is 0 Å². The molecule has 94 valence electrons. The molecular formula is C12H19N3O2. The number of nitrogens with zero attached hydrogens (tertiary/aromatic N) is 3. The van der Waals surface area contributed by atoms with E-state index >= 15 is 0 Å². The highest BCUT2D eigenvalue weighted by Crippen LogP contribution is 2.14. The highest BCUT2D eigenvalue weighted by molar-refractivity contribution is 5.84. The predicted octanol–water partition coefficient (Wildman–Crippen LogP) is 1.74. The van der Waals surface area contributed by atoms with E-state index in [-0.39, 0.29) is 0 Å². The fourth-order valence-corrected chi connectivity index (χ4v) is 1.57. The number of amides is 1. The Morgan fingerprint density at radius 3 is 2.41 bits per heavy atom. The van der Waals surface area contributed by atoms with Gasteiger partial charge in [0.1, 0.15) is 5.82 Å². The standard InChI is InChI=1S/C12H19N3O2/c1-9-7-10(2)13-11(8-9)15(12(16)17)6-5-14(3)4/h7-8H,5-6H2,1-4H3,(H,16,17). The second kappa shape index (κ2) is 5.63. The molecule has 17 heavy (non-hydrogen) atoms. The molecule has 0 radical (unpaired) electrons. The number of aryl methyl sites for hydroxylation is 2. The van der Waals surface area contributed by atoms with Crippen molar-refractivity contribution in [2.75, 3.05) is 32.1 Å². The van der Waals surface area contributed by atoms with E-state index in [4.69, 9.17) is 0 Å². The molecule has 1 N–H and O–H groups in total. The minimum Gasteiger partial charge on any atom is -0.465 e. The van der Waals surface area contributed by atoms with Gasteiger partial charge in [-0.05, 0) is 45.6 Å². The molecule has 0 atom stereocenters. The third kappa shape index (κ3) is 4.03. The molecule has 1 amide bonds. The highest BCUT2D eigenvalue weighted by Gasteiger charge is 2.16. The van der Waals surface area contributed by atoms with Crippen molar-refractivity contribution in [3.63, 3.8) is 0 Å². The Balaban J connectivity index is 2.93. The zero-order chi connectivity index (χ0) is 13.0. The second-order valence-corrected chi connectivity index (χ2v) is 4.38. The molecule has 5 heteroatoms. The van der Waals surface area contributed by atoms with Crippen molar-refractivity contribution in [1.29, 1.82) is 0 Å². The zero-order valence-corrected chi connectivity index (χ0v) is 10.8. The molecule has 0 spiro atoms. The van der Waals surface area contributed by atoms with Gasteiger partial charge < -0.3 is 10.0 Å². The third-order valence-electron chi connectivity index (χ3n) is 2.36. The van der Waals surface area contributed by atoms with Crippen LogP contribution in [0.15, 0.2) is 12.1 Å². The van der Waals surface area contributed by atoms with Crippen LogP contribution >= 0.6 is 0 Å². The van der Waals surface area contributed by atoms with Crippen molar-refractivity contribution in [3.8, 4) is 0 Å². The number of carbonyl (C=O) groups is 1. The molecule has 0 bridgehead atoms. The average molecular weight is 237 g/mol. The van der Waals surface area contributed by atoms with Crippen molar-refractivity contribution >= 4 is 11.9 Å². The molecule has 1 heterocycles. The van der Waals surface area contributed by atoms with Crippen LogP contribution in [0, 0.1) is 13.8 Å². The lowest BCUT2D eigenvalue weighted by molar-refractivity contribution is 0.200. The fourth-order valence-electron chi connectivity index (χ4n) is 1.57. The Bertz CT molecular complexity index is 384. The van der Waals surface area contributed by atoms with E-state index in [0.29, 0.717) is 18.9 Å². The molecule has 0 aliphatic rings. The Morgan fingerprint density at radius 1 is 1.29 bits per heavy atom. The SMILES string of the molecule is Cc1cc(C)nc(N(CCN(C)C)C(=O)O)c1. The molecule has 5 nitrogen and oxygen atoms in total. The number of anilines is 1. The maximum Gasteiger partial charge on any atom is 0.413 e. The summed E-state index contributed by atoms with van der Waals surface area (Å²) in [4.78, 5) is 18.7. The number of rotatable bonds is 4. The van der Waals surface area contributed by atoms with E-state index in [1.165, 1.54) is 4.90 Å². The van der Waals surface area contributed by atoms with Gasteiger partial charge in [0.05, 0.1) is 0 Å². The van der Waals surface area contributed by atoms with E-state index in [9.17, 15) is 9.90 Å². The van der Waals surface area contributed by atoms with Crippen LogP contribution in [-0.2, 0) is 0 Å². The smallest absolute Gasteiger partial charge is 0.413 e. The lowest BCUT2D eigenvalue weighted by atomic mass is 10.2. The van der Waals surface area contributed by atoms with Gasteiger partial charge in [-0.15, -0.1) is 0 Å². The van der Waals surface area contributed by atoms with E-state index in [1.807, 2.05) is 38.9 Å². The lowest BCUT2D eigenvalue weighted by Gasteiger charge is -2.21. The zero-order valence-electron chi connectivity index (χ0n) is 10.8. The predicted molar refractivity (Wildman–Crippen MR) is 67.6 cm³/mol. The second-order valence-electron chi connectivity index (χ2n) is 4.38. The van der Waals surface area contributed by atoms with E-state index in [1.54, 1.807) is 6.07 Å². The maximum absolute atomic E-state index is 11.2. The number of likely N-dealkylation sites (N-methyl/N-ethyl adjacent to an activating group) is 1.